The van der Waals surface area contributed by atoms with Crippen LogP contribution in [0.4, 0.5) is 5.82 Å². The lowest BCUT2D eigenvalue weighted by molar-refractivity contribution is 0.455. The van der Waals surface area contributed by atoms with Crippen LogP contribution in [0.5, 0.6) is 11.6 Å². The van der Waals surface area contributed by atoms with Crippen molar-refractivity contribution in [3.63, 3.8) is 0 Å². The van der Waals surface area contributed by atoms with Crippen molar-refractivity contribution < 1.29 is 4.74 Å². The third kappa shape index (κ3) is 3.44. The van der Waals surface area contributed by atoms with Crippen molar-refractivity contribution in [3.05, 3.63) is 40.6 Å². The van der Waals surface area contributed by atoms with Gasteiger partial charge in [0.1, 0.15) is 17.9 Å². The molecule has 0 aliphatic carbocycles. The minimum absolute atomic E-state index is 0.570. The number of benzene rings is 1. The Bertz CT molecular complexity index is 560. The molecular formula is C14H16BrN3O. The quantitative estimate of drug-likeness (QED) is 0.898. The van der Waals surface area contributed by atoms with Gasteiger partial charge in [0.15, 0.2) is 0 Å². The molecule has 0 radical (unpaired) electrons. The number of ether oxygens (including phenoxy) is 1. The predicted octanol–water partition coefficient (Wildman–Crippen LogP) is 4.16. The maximum Gasteiger partial charge on any atom is 0.227 e. The van der Waals surface area contributed by atoms with E-state index in [1.807, 2.05) is 31.2 Å². The topological polar surface area (TPSA) is 47.0 Å². The van der Waals surface area contributed by atoms with Crippen LogP contribution in [0.3, 0.4) is 0 Å². The molecule has 100 valence electrons. The largest absolute Gasteiger partial charge is 0.437 e. The number of halogens is 1. The van der Waals surface area contributed by atoms with Crippen LogP contribution in [-0.2, 0) is 0 Å². The van der Waals surface area contributed by atoms with E-state index in [9.17, 15) is 0 Å². The molecular weight excluding hydrogens is 306 g/mol. The van der Waals surface area contributed by atoms with E-state index in [1.54, 1.807) is 0 Å². The molecule has 2 aromatic rings. The normalized spacial score (nSPS) is 10.3. The van der Waals surface area contributed by atoms with Crippen molar-refractivity contribution in [1.29, 1.82) is 0 Å². The number of anilines is 1. The van der Waals surface area contributed by atoms with E-state index in [2.05, 4.69) is 38.1 Å². The zero-order valence-corrected chi connectivity index (χ0v) is 12.6. The third-order valence-electron chi connectivity index (χ3n) is 2.62. The van der Waals surface area contributed by atoms with Gasteiger partial charge in [0, 0.05) is 6.54 Å². The summed E-state index contributed by atoms with van der Waals surface area (Å²) in [7, 11) is 0. The van der Waals surface area contributed by atoms with Gasteiger partial charge in [-0.25, -0.2) is 9.97 Å². The summed E-state index contributed by atoms with van der Waals surface area (Å²) in [5.41, 5.74) is 0.909. The van der Waals surface area contributed by atoms with Gasteiger partial charge >= 0.3 is 0 Å². The molecule has 0 spiro atoms. The Labute approximate surface area is 121 Å². The van der Waals surface area contributed by atoms with Crippen LogP contribution >= 0.6 is 15.9 Å². The molecule has 0 aliphatic heterocycles. The second-order valence-corrected chi connectivity index (χ2v) is 4.97. The standard InChI is InChI=1S/C14H16BrN3O/c1-3-8-16-13-10(2)14(18-9-17-13)19-12-7-5-4-6-11(12)15/h4-7,9H,3,8H2,1-2H3,(H,16,17,18). The number of aromatic nitrogens is 2. The molecule has 0 atom stereocenters. The Kier molecular flexibility index (Phi) is 4.74. The molecule has 0 fully saturated rings. The molecule has 4 nitrogen and oxygen atoms in total. The first kappa shape index (κ1) is 13.8. The lowest BCUT2D eigenvalue weighted by Gasteiger charge is -2.12. The van der Waals surface area contributed by atoms with Crippen LogP contribution in [0.1, 0.15) is 18.9 Å². The number of nitrogens with zero attached hydrogens (tertiary/aromatic N) is 2. The van der Waals surface area contributed by atoms with Crippen LogP contribution < -0.4 is 10.1 Å². The molecule has 1 aromatic carbocycles. The van der Waals surface area contributed by atoms with Gasteiger partial charge in [-0.15, -0.1) is 0 Å². The van der Waals surface area contributed by atoms with Crippen molar-refractivity contribution in [1.82, 2.24) is 9.97 Å². The molecule has 0 bridgehead atoms. The first-order valence-corrected chi connectivity index (χ1v) is 6.99. The van der Waals surface area contributed by atoms with E-state index in [0.717, 1.165) is 34.6 Å². The van der Waals surface area contributed by atoms with E-state index >= 15 is 0 Å². The van der Waals surface area contributed by atoms with Gasteiger partial charge in [0.25, 0.3) is 0 Å². The molecule has 0 amide bonds. The number of para-hydroxylation sites is 1. The van der Waals surface area contributed by atoms with E-state index in [-0.39, 0.29) is 0 Å². The first-order chi connectivity index (χ1) is 9.22. The molecule has 5 heteroatoms. The molecule has 1 aromatic heterocycles. The maximum absolute atomic E-state index is 5.82. The molecule has 0 aliphatic rings. The fourth-order valence-electron chi connectivity index (χ4n) is 1.59. The minimum Gasteiger partial charge on any atom is -0.437 e. The average Bonchev–Trinajstić information content (AvgIpc) is 2.42. The molecule has 1 heterocycles. The lowest BCUT2D eigenvalue weighted by atomic mass is 10.3. The second-order valence-electron chi connectivity index (χ2n) is 4.11. The van der Waals surface area contributed by atoms with Gasteiger partial charge in [-0.1, -0.05) is 19.1 Å². The van der Waals surface area contributed by atoms with Crippen molar-refractivity contribution >= 4 is 21.7 Å². The van der Waals surface area contributed by atoms with Crippen molar-refractivity contribution in [2.75, 3.05) is 11.9 Å². The fourth-order valence-corrected chi connectivity index (χ4v) is 1.96. The minimum atomic E-state index is 0.570. The van der Waals surface area contributed by atoms with Gasteiger partial charge in [-0.05, 0) is 41.4 Å². The Hall–Kier alpha value is -1.62. The van der Waals surface area contributed by atoms with Crippen LogP contribution in [-0.4, -0.2) is 16.5 Å². The van der Waals surface area contributed by atoms with Gasteiger partial charge in [0.2, 0.25) is 5.88 Å². The Balaban J connectivity index is 2.23. The summed E-state index contributed by atoms with van der Waals surface area (Å²) >= 11 is 3.45. The number of hydrogen-bond acceptors (Lipinski definition) is 4. The Morgan fingerprint density at radius 1 is 1.26 bits per heavy atom. The monoisotopic (exact) mass is 321 g/mol. The SMILES string of the molecule is CCCNc1ncnc(Oc2ccccc2Br)c1C. The number of rotatable bonds is 5. The summed E-state index contributed by atoms with van der Waals surface area (Å²) in [6.45, 7) is 4.94. The zero-order valence-electron chi connectivity index (χ0n) is 11.0. The molecule has 19 heavy (non-hydrogen) atoms. The molecule has 2 rings (SSSR count). The highest BCUT2D eigenvalue weighted by atomic mass is 79.9. The van der Waals surface area contributed by atoms with E-state index in [1.165, 1.54) is 6.33 Å². The summed E-state index contributed by atoms with van der Waals surface area (Å²) in [5.74, 6) is 2.13. The average molecular weight is 322 g/mol. The number of hydrogen-bond donors (Lipinski definition) is 1. The highest BCUT2D eigenvalue weighted by Crippen LogP contribution is 2.31. The van der Waals surface area contributed by atoms with Crippen molar-refractivity contribution in [2.24, 2.45) is 0 Å². The van der Waals surface area contributed by atoms with Gasteiger partial charge in [0.05, 0.1) is 10.0 Å². The highest BCUT2D eigenvalue weighted by Gasteiger charge is 2.10. The third-order valence-corrected chi connectivity index (χ3v) is 3.28. The summed E-state index contributed by atoms with van der Waals surface area (Å²) in [6.07, 6.45) is 2.56. The fraction of sp³-hybridized carbons (Fsp3) is 0.286. The van der Waals surface area contributed by atoms with Crippen LogP contribution in [0.15, 0.2) is 35.1 Å². The Morgan fingerprint density at radius 3 is 2.79 bits per heavy atom. The van der Waals surface area contributed by atoms with E-state index in [0.29, 0.717) is 5.88 Å². The van der Waals surface area contributed by atoms with Crippen molar-refractivity contribution in [3.8, 4) is 11.6 Å². The zero-order chi connectivity index (χ0) is 13.7. The summed E-state index contributed by atoms with van der Waals surface area (Å²) < 4.78 is 6.72. The first-order valence-electron chi connectivity index (χ1n) is 6.20. The smallest absolute Gasteiger partial charge is 0.227 e. The van der Waals surface area contributed by atoms with Crippen LogP contribution in [0, 0.1) is 6.92 Å². The van der Waals surface area contributed by atoms with Gasteiger partial charge < -0.3 is 10.1 Å². The summed E-state index contributed by atoms with van der Waals surface area (Å²) in [4.78, 5) is 8.42. The summed E-state index contributed by atoms with van der Waals surface area (Å²) in [6, 6.07) is 7.69. The van der Waals surface area contributed by atoms with Crippen LogP contribution in [0.2, 0.25) is 0 Å². The second kappa shape index (κ2) is 6.52. The van der Waals surface area contributed by atoms with Crippen molar-refractivity contribution in [2.45, 2.75) is 20.3 Å². The molecule has 1 N–H and O–H groups in total. The van der Waals surface area contributed by atoms with Gasteiger partial charge in [-0.2, -0.15) is 0 Å². The highest BCUT2D eigenvalue weighted by molar-refractivity contribution is 9.10. The van der Waals surface area contributed by atoms with Gasteiger partial charge in [-0.3, -0.25) is 0 Å². The molecule has 0 saturated heterocycles. The lowest BCUT2D eigenvalue weighted by Crippen LogP contribution is -2.05. The van der Waals surface area contributed by atoms with E-state index < -0.39 is 0 Å². The van der Waals surface area contributed by atoms with E-state index in [4.69, 9.17) is 4.74 Å². The summed E-state index contributed by atoms with van der Waals surface area (Å²) in [5, 5.41) is 3.26. The molecule has 0 saturated carbocycles. The predicted molar refractivity (Wildman–Crippen MR) is 79.8 cm³/mol. The molecule has 0 unspecified atom stereocenters. The van der Waals surface area contributed by atoms with Crippen LogP contribution in [0.25, 0.3) is 0 Å². The number of nitrogens with one attached hydrogen (secondary N) is 1. The Morgan fingerprint density at radius 2 is 2.05 bits per heavy atom. The maximum atomic E-state index is 5.82.